The molecule has 1 heterocycles. The molecule has 1 saturated heterocycles. The molecule has 0 amide bonds. The lowest BCUT2D eigenvalue weighted by atomic mass is 9.86. The number of rotatable bonds is 4. The number of anilines is 1. The van der Waals surface area contributed by atoms with Gasteiger partial charge in [-0.15, -0.1) is 0 Å². The Labute approximate surface area is 116 Å². The number of nitrogens with one attached hydrogen (secondary N) is 1. The molecule has 0 saturated carbocycles. The number of aliphatic hydroxyl groups is 1. The Morgan fingerprint density at radius 2 is 2.00 bits per heavy atom. The van der Waals surface area contributed by atoms with E-state index in [9.17, 15) is 5.11 Å². The SMILES string of the molecule is CCC1CCNC(C(O)c2ccc(N(C)C)cc2)C1. The molecule has 0 radical (unpaired) electrons. The van der Waals surface area contributed by atoms with Gasteiger partial charge >= 0.3 is 0 Å². The maximum Gasteiger partial charge on any atom is 0.0943 e. The third kappa shape index (κ3) is 3.48. The summed E-state index contributed by atoms with van der Waals surface area (Å²) in [6, 6.07) is 8.41. The largest absolute Gasteiger partial charge is 0.387 e. The molecule has 1 aromatic rings. The van der Waals surface area contributed by atoms with Gasteiger partial charge in [0.05, 0.1) is 6.10 Å². The maximum atomic E-state index is 10.5. The van der Waals surface area contributed by atoms with Crippen molar-refractivity contribution < 1.29 is 5.11 Å². The van der Waals surface area contributed by atoms with Crippen molar-refractivity contribution in [2.75, 3.05) is 25.5 Å². The van der Waals surface area contributed by atoms with E-state index in [4.69, 9.17) is 0 Å². The summed E-state index contributed by atoms with van der Waals surface area (Å²) in [4.78, 5) is 2.07. The molecule has 0 bridgehead atoms. The van der Waals surface area contributed by atoms with E-state index in [1.54, 1.807) is 0 Å². The highest BCUT2D eigenvalue weighted by molar-refractivity contribution is 5.46. The number of aliphatic hydroxyl groups excluding tert-OH is 1. The summed E-state index contributed by atoms with van der Waals surface area (Å²) in [7, 11) is 4.06. The summed E-state index contributed by atoms with van der Waals surface area (Å²) in [6.07, 6.45) is 3.13. The summed E-state index contributed by atoms with van der Waals surface area (Å²) in [5, 5.41) is 14.0. The van der Waals surface area contributed by atoms with E-state index < -0.39 is 6.10 Å². The minimum Gasteiger partial charge on any atom is -0.387 e. The topological polar surface area (TPSA) is 35.5 Å². The zero-order valence-corrected chi connectivity index (χ0v) is 12.3. The van der Waals surface area contributed by atoms with Gasteiger partial charge in [-0.25, -0.2) is 0 Å². The summed E-state index contributed by atoms with van der Waals surface area (Å²) < 4.78 is 0. The molecule has 1 aromatic carbocycles. The first-order valence-electron chi connectivity index (χ1n) is 7.30. The van der Waals surface area contributed by atoms with Crippen molar-refractivity contribution in [1.29, 1.82) is 0 Å². The summed E-state index contributed by atoms with van der Waals surface area (Å²) in [6.45, 7) is 3.27. The summed E-state index contributed by atoms with van der Waals surface area (Å²) >= 11 is 0. The van der Waals surface area contributed by atoms with Gasteiger partial charge in [0.2, 0.25) is 0 Å². The lowest BCUT2D eigenvalue weighted by Gasteiger charge is -2.33. The molecule has 1 fully saturated rings. The first-order chi connectivity index (χ1) is 9.11. The zero-order chi connectivity index (χ0) is 13.8. The third-order valence-corrected chi connectivity index (χ3v) is 4.26. The predicted octanol–water partition coefficient (Wildman–Crippen LogP) is 2.56. The number of benzene rings is 1. The van der Waals surface area contributed by atoms with Crippen LogP contribution in [0.4, 0.5) is 5.69 Å². The number of nitrogens with zero attached hydrogens (tertiary/aromatic N) is 1. The molecule has 3 heteroatoms. The molecule has 1 aliphatic rings. The molecule has 0 aromatic heterocycles. The Balaban J connectivity index is 2.04. The zero-order valence-electron chi connectivity index (χ0n) is 12.3. The smallest absolute Gasteiger partial charge is 0.0943 e. The van der Waals surface area contributed by atoms with Crippen LogP contribution in [0.5, 0.6) is 0 Å². The Bertz CT molecular complexity index is 388. The summed E-state index contributed by atoms with van der Waals surface area (Å²) in [5.74, 6) is 0.752. The predicted molar refractivity (Wildman–Crippen MR) is 80.5 cm³/mol. The van der Waals surface area contributed by atoms with Gasteiger partial charge in [-0.1, -0.05) is 25.5 Å². The van der Waals surface area contributed by atoms with Crippen LogP contribution >= 0.6 is 0 Å². The second-order valence-electron chi connectivity index (χ2n) is 5.79. The second-order valence-corrected chi connectivity index (χ2v) is 5.79. The van der Waals surface area contributed by atoms with Crippen LogP contribution in [-0.2, 0) is 0 Å². The van der Waals surface area contributed by atoms with Crippen molar-refractivity contribution in [3.05, 3.63) is 29.8 Å². The highest BCUT2D eigenvalue weighted by Crippen LogP contribution is 2.28. The van der Waals surface area contributed by atoms with Crippen molar-refractivity contribution in [2.24, 2.45) is 5.92 Å². The fraction of sp³-hybridized carbons (Fsp3) is 0.625. The minimum absolute atomic E-state index is 0.198. The molecule has 0 spiro atoms. The molecule has 3 unspecified atom stereocenters. The van der Waals surface area contributed by atoms with Crippen LogP contribution in [0.15, 0.2) is 24.3 Å². The average molecular weight is 262 g/mol. The Morgan fingerprint density at radius 3 is 2.58 bits per heavy atom. The number of hydrogen-bond acceptors (Lipinski definition) is 3. The Morgan fingerprint density at radius 1 is 1.32 bits per heavy atom. The molecule has 3 nitrogen and oxygen atoms in total. The monoisotopic (exact) mass is 262 g/mol. The summed E-state index contributed by atoms with van der Waals surface area (Å²) in [5.41, 5.74) is 2.18. The molecule has 2 N–H and O–H groups in total. The van der Waals surface area contributed by atoms with E-state index in [-0.39, 0.29) is 6.04 Å². The first-order valence-corrected chi connectivity index (χ1v) is 7.30. The van der Waals surface area contributed by atoms with Crippen LogP contribution in [-0.4, -0.2) is 31.8 Å². The first kappa shape index (κ1) is 14.4. The Kier molecular flexibility index (Phi) is 4.83. The van der Waals surface area contributed by atoms with Gasteiger partial charge in [0.25, 0.3) is 0 Å². The van der Waals surface area contributed by atoms with Crippen LogP contribution in [0, 0.1) is 5.92 Å². The van der Waals surface area contributed by atoms with E-state index in [1.165, 1.54) is 18.5 Å². The fourth-order valence-electron chi connectivity index (χ4n) is 2.85. The van der Waals surface area contributed by atoms with E-state index in [1.807, 2.05) is 26.2 Å². The van der Waals surface area contributed by atoms with Crippen molar-refractivity contribution >= 4 is 5.69 Å². The standard InChI is InChI=1S/C16H26N2O/c1-4-12-9-10-17-15(11-12)16(19)13-5-7-14(8-6-13)18(2)3/h5-8,12,15-17,19H,4,9-11H2,1-3H3. The van der Waals surface area contributed by atoms with Gasteiger partial charge in [-0.05, 0) is 43.0 Å². The molecular formula is C16H26N2O. The van der Waals surface area contributed by atoms with Crippen molar-refractivity contribution in [1.82, 2.24) is 5.32 Å². The van der Waals surface area contributed by atoms with E-state index in [0.717, 1.165) is 24.4 Å². The van der Waals surface area contributed by atoms with Gasteiger partial charge in [0.15, 0.2) is 0 Å². The second kappa shape index (κ2) is 6.40. The normalized spacial score (nSPS) is 25.1. The highest BCUT2D eigenvalue weighted by atomic mass is 16.3. The molecule has 1 aliphatic heterocycles. The van der Waals surface area contributed by atoms with Crippen LogP contribution in [0.1, 0.15) is 37.9 Å². The van der Waals surface area contributed by atoms with Crippen LogP contribution in [0.3, 0.4) is 0 Å². The van der Waals surface area contributed by atoms with Crippen LogP contribution in [0.25, 0.3) is 0 Å². The number of hydrogen-bond donors (Lipinski definition) is 2. The average Bonchev–Trinajstić information content (AvgIpc) is 2.46. The molecule has 3 atom stereocenters. The van der Waals surface area contributed by atoms with Gasteiger partial charge < -0.3 is 15.3 Å². The van der Waals surface area contributed by atoms with Crippen LogP contribution in [0.2, 0.25) is 0 Å². The van der Waals surface area contributed by atoms with Crippen molar-refractivity contribution in [3.63, 3.8) is 0 Å². The van der Waals surface area contributed by atoms with Crippen LogP contribution < -0.4 is 10.2 Å². The van der Waals surface area contributed by atoms with Crippen molar-refractivity contribution in [3.8, 4) is 0 Å². The van der Waals surface area contributed by atoms with E-state index >= 15 is 0 Å². The molecular weight excluding hydrogens is 236 g/mol. The molecule has 106 valence electrons. The third-order valence-electron chi connectivity index (χ3n) is 4.26. The highest BCUT2D eigenvalue weighted by Gasteiger charge is 2.26. The maximum absolute atomic E-state index is 10.5. The van der Waals surface area contributed by atoms with Crippen molar-refractivity contribution in [2.45, 2.75) is 38.3 Å². The van der Waals surface area contributed by atoms with Gasteiger partial charge in [0.1, 0.15) is 0 Å². The van der Waals surface area contributed by atoms with Gasteiger partial charge in [0, 0.05) is 25.8 Å². The minimum atomic E-state index is -0.398. The van der Waals surface area contributed by atoms with E-state index in [0.29, 0.717) is 0 Å². The molecule has 19 heavy (non-hydrogen) atoms. The Hall–Kier alpha value is -1.06. The van der Waals surface area contributed by atoms with Gasteiger partial charge in [-0.2, -0.15) is 0 Å². The van der Waals surface area contributed by atoms with E-state index in [2.05, 4.69) is 29.3 Å². The lowest BCUT2D eigenvalue weighted by molar-refractivity contribution is 0.0979. The van der Waals surface area contributed by atoms with Gasteiger partial charge in [-0.3, -0.25) is 0 Å². The quantitative estimate of drug-likeness (QED) is 0.875. The number of piperidine rings is 1. The lowest BCUT2D eigenvalue weighted by Crippen LogP contribution is -2.42. The molecule has 2 rings (SSSR count). The fourth-order valence-corrected chi connectivity index (χ4v) is 2.85. The molecule has 0 aliphatic carbocycles.